The van der Waals surface area contributed by atoms with Crippen LogP contribution in [0.15, 0.2) is 53.5 Å². The zero-order valence-corrected chi connectivity index (χ0v) is 10.6. The number of aromatic hydroxyl groups is 2. The van der Waals surface area contributed by atoms with Crippen LogP contribution in [0.25, 0.3) is 0 Å². The van der Waals surface area contributed by atoms with Gasteiger partial charge in [0.25, 0.3) is 0 Å². The Bertz CT molecular complexity index is 587. The standard InChI is InChI=1S/C15H14FNO3/c16-20-10-14(11-4-2-1-3-5-11)17-9-12-6-7-13(18)8-15(12)19/h1-9,14,18-19H,10H2. The van der Waals surface area contributed by atoms with Gasteiger partial charge in [-0.3, -0.25) is 4.99 Å². The maximum Gasteiger partial charge on any atom is 0.128 e. The zero-order valence-electron chi connectivity index (χ0n) is 10.6. The molecule has 0 radical (unpaired) electrons. The van der Waals surface area contributed by atoms with Crippen LogP contribution in [0.5, 0.6) is 11.5 Å². The molecule has 0 amide bonds. The molecule has 0 bridgehead atoms. The Hall–Kier alpha value is -2.40. The van der Waals surface area contributed by atoms with Crippen molar-refractivity contribution in [3.05, 3.63) is 59.7 Å². The van der Waals surface area contributed by atoms with Crippen molar-refractivity contribution in [2.75, 3.05) is 6.61 Å². The van der Waals surface area contributed by atoms with Gasteiger partial charge in [0.05, 0.1) is 0 Å². The summed E-state index contributed by atoms with van der Waals surface area (Å²) in [6, 6.07) is 12.8. The van der Waals surface area contributed by atoms with Gasteiger partial charge in [-0.05, 0) is 22.2 Å². The van der Waals surface area contributed by atoms with E-state index in [-0.39, 0.29) is 18.1 Å². The van der Waals surface area contributed by atoms with E-state index in [0.29, 0.717) is 5.56 Å². The Kier molecular flexibility index (Phi) is 4.68. The van der Waals surface area contributed by atoms with Crippen molar-refractivity contribution in [2.24, 2.45) is 4.99 Å². The third kappa shape index (κ3) is 3.55. The first-order valence-corrected chi connectivity index (χ1v) is 6.04. The summed E-state index contributed by atoms with van der Waals surface area (Å²) in [5, 5.41) is 18.9. The highest BCUT2D eigenvalue weighted by Gasteiger charge is 2.10. The molecule has 4 nitrogen and oxygen atoms in total. The van der Waals surface area contributed by atoms with E-state index in [4.69, 9.17) is 0 Å². The molecule has 5 heteroatoms. The first kappa shape index (κ1) is 14.0. The fraction of sp³-hybridized carbons (Fsp3) is 0.133. The summed E-state index contributed by atoms with van der Waals surface area (Å²) in [7, 11) is 0. The van der Waals surface area contributed by atoms with Crippen molar-refractivity contribution >= 4 is 6.21 Å². The van der Waals surface area contributed by atoms with Crippen molar-refractivity contribution in [3.63, 3.8) is 0 Å². The quantitative estimate of drug-likeness (QED) is 0.824. The number of rotatable bonds is 5. The maximum absolute atomic E-state index is 12.1. The largest absolute Gasteiger partial charge is 0.508 e. The molecule has 2 aromatic carbocycles. The Morgan fingerprint density at radius 3 is 2.55 bits per heavy atom. The molecule has 2 N–H and O–H groups in total. The molecule has 1 unspecified atom stereocenters. The molecule has 0 aliphatic heterocycles. The molecule has 20 heavy (non-hydrogen) atoms. The number of phenolic OH excluding ortho intramolecular Hbond substituents is 2. The van der Waals surface area contributed by atoms with Crippen molar-refractivity contribution in [1.82, 2.24) is 0 Å². The van der Waals surface area contributed by atoms with Gasteiger partial charge < -0.3 is 10.2 Å². The van der Waals surface area contributed by atoms with Crippen LogP contribution in [0.2, 0.25) is 0 Å². The molecule has 0 heterocycles. The minimum atomic E-state index is -0.505. The minimum absolute atomic E-state index is 0.0358. The SMILES string of the molecule is Oc1ccc(C=NC(COF)c2ccccc2)c(O)c1. The zero-order chi connectivity index (χ0) is 14.4. The molecule has 0 aliphatic rings. The van der Waals surface area contributed by atoms with E-state index < -0.39 is 6.04 Å². The monoisotopic (exact) mass is 275 g/mol. The summed E-state index contributed by atoms with van der Waals surface area (Å²) in [6.45, 7) is -0.209. The molecule has 0 saturated carbocycles. The van der Waals surface area contributed by atoms with Gasteiger partial charge in [0.2, 0.25) is 0 Å². The van der Waals surface area contributed by atoms with Crippen molar-refractivity contribution in [1.29, 1.82) is 0 Å². The van der Waals surface area contributed by atoms with Crippen LogP contribution in [0.4, 0.5) is 4.53 Å². The lowest BCUT2D eigenvalue weighted by Crippen LogP contribution is -2.02. The third-order valence-electron chi connectivity index (χ3n) is 2.81. The highest BCUT2D eigenvalue weighted by molar-refractivity contribution is 5.83. The first-order chi connectivity index (χ1) is 9.70. The number of aliphatic imine (C=N–C) groups is 1. The highest BCUT2D eigenvalue weighted by atomic mass is 19.3. The second kappa shape index (κ2) is 6.68. The molecular weight excluding hydrogens is 261 g/mol. The molecule has 2 rings (SSSR count). The fourth-order valence-corrected chi connectivity index (χ4v) is 1.77. The number of nitrogens with zero attached hydrogens (tertiary/aromatic N) is 1. The van der Waals surface area contributed by atoms with Gasteiger partial charge in [-0.2, -0.15) is 4.94 Å². The van der Waals surface area contributed by atoms with Crippen LogP contribution in [0.1, 0.15) is 17.2 Å². The molecule has 1 atom stereocenters. The normalized spacial score (nSPS) is 12.7. The summed E-state index contributed by atoms with van der Waals surface area (Å²) in [4.78, 5) is 7.89. The van der Waals surface area contributed by atoms with E-state index >= 15 is 0 Å². The predicted molar refractivity (Wildman–Crippen MR) is 73.6 cm³/mol. The van der Waals surface area contributed by atoms with E-state index in [9.17, 15) is 14.7 Å². The summed E-state index contributed by atoms with van der Waals surface area (Å²) >= 11 is 0. The molecular formula is C15H14FNO3. The van der Waals surface area contributed by atoms with Gasteiger partial charge in [-0.25, -0.2) is 0 Å². The van der Waals surface area contributed by atoms with Gasteiger partial charge in [-0.15, -0.1) is 0 Å². The minimum Gasteiger partial charge on any atom is -0.508 e. The van der Waals surface area contributed by atoms with E-state index in [2.05, 4.69) is 9.93 Å². The first-order valence-electron chi connectivity index (χ1n) is 6.04. The molecule has 0 fully saturated rings. The van der Waals surface area contributed by atoms with Crippen molar-refractivity contribution < 1.29 is 19.7 Å². The summed E-state index contributed by atoms with van der Waals surface area (Å²) in [6.07, 6.45) is 1.42. The van der Waals surface area contributed by atoms with Crippen LogP contribution < -0.4 is 0 Å². The van der Waals surface area contributed by atoms with Crippen molar-refractivity contribution in [3.8, 4) is 11.5 Å². The second-order valence-electron chi connectivity index (χ2n) is 4.22. The van der Waals surface area contributed by atoms with Gasteiger partial charge >= 0.3 is 0 Å². The summed E-state index contributed by atoms with van der Waals surface area (Å²) in [5.41, 5.74) is 1.24. The third-order valence-corrected chi connectivity index (χ3v) is 2.81. The average molecular weight is 275 g/mol. The number of benzene rings is 2. The molecule has 0 aromatic heterocycles. The fourth-order valence-electron chi connectivity index (χ4n) is 1.77. The molecule has 0 aliphatic carbocycles. The highest BCUT2D eigenvalue weighted by Crippen LogP contribution is 2.23. The van der Waals surface area contributed by atoms with Crippen LogP contribution in [0, 0.1) is 0 Å². The second-order valence-corrected chi connectivity index (χ2v) is 4.22. The van der Waals surface area contributed by atoms with E-state index in [0.717, 1.165) is 5.56 Å². The van der Waals surface area contributed by atoms with Gasteiger partial charge in [0.1, 0.15) is 24.1 Å². The molecule has 0 saturated heterocycles. The molecule has 104 valence electrons. The van der Waals surface area contributed by atoms with Gasteiger partial charge in [-0.1, -0.05) is 30.3 Å². The van der Waals surface area contributed by atoms with E-state index in [1.807, 2.05) is 30.3 Å². The van der Waals surface area contributed by atoms with E-state index in [1.165, 1.54) is 24.4 Å². The predicted octanol–water partition coefficient (Wildman–Crippen LogP) is 3.16. The smallest absolute Gasteiger partial charge is 0.128 e. The van der Waals surface area contributed by atoms with Gasteiger partial charge in [0, 0.05) is 17.8 Å². The van der Waals surface area contributed by atoms with Gasteiger partial charge in [0.15, 0.2) is 0 Å². The number of hydrogen-bond donors (Lipinski definition) is 2. The van der Waals surface area contributed by atoms with E-state index in [1.54, 1.807) is 0 Å². The summed E-state index contributed by atoms with van der Waals surface area (Å²) in [5.74, 6) is -0.131. The van der Waals surface area contributed by atoms with Crippen LogP contribution >= 0.6 is 0 Å². The van der Waals surface area contributed by atoms with Crippen LogP contribution in [0.3, 0.4) is 0 Å². The Balaban J connectivity index is 2.21. The number of halogens is 1. The Morgan fingerprint density at radius 1 is 1.15 bits per heavy atom. The maximum atomic E-state index is 12.1. The Labute approximate surface area is 115 Å². The molecule has 2 aromatic rings. The average Bonchev–Trinajstić information content (AvgIpc) is 2.46. The number of phenols is 2. The topological polar surface area (TPSA) is 62.1 Å². The van der Waals surface area contributed by atoms with Crippen LogP contribution in [-0.2, 0) is 4.94 Å². The van der Waals surface area contributed by atoms with Crippen molar-refractivity contribution in [2.45, 2.75) is 6.04 Å². The lowest BCUT2D eigenvalue weighted by Gasteiger charge is -2.10. The lowest BCUT2D eigenvalue weighted by molar-refractivity contribution is -0.136. The Morgan fingerprint density at radius 2 is 1.90 bits per heavy atom. The lowest BCUT2D eigenvalue weighted by atomic mass is 10.1. The van der Waals surface area contributed by atoms with Crippen LogP contribution in [-0.4, -0.2) is 23.0 Å². The number of hydrogen-bond acceptors (Lipinski definition) is 4. The molecule has 0 spiro atoms. The summed E-state index contributed by atoms with van der Waals surface area (Å²) < 4.78 is 12.1.